The molecule has 1 rings (SSSR count). The van der Waals surface area contributed by atoms with Gasteiger partial charge in [-0.15, -0.1) is 0 Å². The van der Waals surface area contributed by atoms with Gasteiger partial charge in [0.2, 0.25) is 0 Å². The van der Waals surface area contributed by atoms with Crippen molar-refractivity contribution >= 4 is 37.8 Å². The molecule has 0 aliphatic heterocycles. The summed E-state index contributed by atoms with van der Waals surface area (Å²) in [6, 6.07) is 3.22. The van der Waals surface area contributed by atoms with Crippen LogP contribution in [0.15, 0.2) is 21.1 Å². The quantitative estimate of drug-likeness (QED) is 0.836. The molecule has 1 amide bonds. The van der Waals surface area contributed by atoms with Crippen molar-refractivity contribution in [3.63, 3.8) is 0 Å². The van der Waals surface area contributed by atoms with Crippen LogP contribution in [0.5, 0.6) is 5.75 Å². The smallest absolute Gasteiger partial charge is 0.254 e. The van der Waals surface area contributed by atoms with Crippen molar-refractivity contribution in [1.29, 1.82) is 0 Å². The third-order valence-corrected chi connectivity index (χ3v) is 2.56. The molecule has 0 aliphatic carbocycles. The third kappa shape index (κ3) is 2.22. The summed E-state index contributed by atoms with van der Waals surface area (Å²) in [6.07, 6.45) is 0. The van der Waals surface area contributed by atoms with Gasteiger partial charge in [-0.25, -0.2) is 0 Å². The Morgan fingerprint density at radius 1 is 1.46 bits per heavy atom. The number of hydrogen-bond acceptors (Lipinski definition) is 2. The van der Waals surface area contributed by atoms with Gasteiger partial charge in [-0.3, -0.25) is 4.79 Å². The zero-order valence-corrected chi connectivity index (χ0v) is 9.94. The molecule has 70 valence electrons. The van der Waals surface area contributed by atoms with Gasteiger partial charge in [-0.05, 0) is 28.1 Å². The summed E-state index contributed by atoms with van der Waals surface area (Å²) in [5.41, 5.74) is 0.240. The maximum Gasteiger partial charge on any atom is 0.254 e. The molecule has 0 fully saturated rings. The lowest BCUT2D eigenvalue weighted by Crippen LogP contribution is -2.17. The second kappa shape index (κ2) is 4.11. The lowest BCUT2D eigenvalue weighted by molar-refractivity contribution is 0.0960. The first-order chi connectivity index (χ1) is 6.06. The van der Waals surface area contributed by atoms with E-state index in [2.05, 4.69) is 37.2 Å². The minimum atomic E-state index is -0.320. The third-order valence-electron chi connectivity index (χ3n) is 1.50. The lowest BCUT2D eigenvalue weighted by Gasteiger charge is -2.05. The van der Waals surface area contributed by atoms with Gasteiger partial charge in [0.25, 0.3) is 5.91 Å². The highest BCUT2D eigenvalue weighted by atomic mass is 79.9. The van der Waals surface area contributed by atoms with E-state index in [1.54, 1.807) is 12.1 Å². The maximum absolute atomic E-state index is 11.2. The predicted octanol–water partition coefficient (Wildman–Crippen LogP) is 2.28. The van der Waals surface area contributed by atoms with E-state index < -0.39 is 0 Å². The topological polar surface area (TPSA) is 49.3 Å². The molecule has 2 N–H and O–H groups in total. The average Bonchev–Trinajstić information content (AvgIpc) is 2.10. The molecule has 5 heteroatoms. The number of aromatic hydroxyl groups is 1. The molecule has 0 saturated heterocycles. The predicted molar refractivity (Wildman–Crippen MR) is 56.9 cm³/mol. The van der Waals surface area contributed by atoms with E-state index in [0.29, 0.717) is 4.47 Å². The molecule has 0 radical (unpaired) electrons. The number of halogens is 2. The summed E-state index contributed by atoms with van der Waals surface area (Å²) in [4.78, 5) is 11.2. The fourth-order valence-corrected chi connectivity index (χ4v) is 2.10. The zero-order valence-electron chi connectivity index (χ0n) is 6.77. The zero-order chi connectivity index (χ0) is 10.0. The summed E-state index contributed by atoms with van der Waals surface area (Å²) in [7, 11) is 1.51. The largest absolute Gasteiger partial charge is 0.506 e. The van der Waals surface area contributed by atoms with Gasteiger partial charge in [0.05, 0.1) is 10.0 Å². The average molecular weight is 309 g/mol. The number of carbonyl (C=O) groups is 1. The highest BCUT2D eigenvalue weighted by Gasteiger charge is 2.12. The van der Waals surface area contributed by atoms with Gasteiger partial charge in [-0.1, -0.05) is 15.9 Å². The van der Waals surface area contributed by atoms with Gasteiger partial charge in [-0.2, -0.15) is 0 Å². The normalized spacial score (nSPS) is 9.77. The second-order valence-corrected chi connectivity index (χ2v) is 4.13. The highest BCUT2D eigenvalue weighted by Crippen LogP contribution is 2.31. The molecule has 0 spiro atoms. The van der Waals surface area contributed by atoms with Crippen molar-refractivity contribution in [1.82, 2.24) is 5.32 Å². The molecular formula is C8H7Br2NO2. The molecule has 0 aromatic heterocycles. The fourth-order valence-electron chi connectivity index (χ4n) is 0.874. The van der Waals surface area contributed by atoms with Crippen molar-refractivity contribution in [2.75, 3.05) is 7.05 Å². The van der Waals surface area contributed by atoms with E-state index in [4.69, 9.17) is 0 Å². The summed E-state index contributed by atoms with van der Waals surface area (Å²) in [5.74, 6) is -0.373. The molecule has 13 heavy (non-hydrogen) atoms. The van der Waals surface area contributed by atoms with Gasteiger partial charge in [0.1, 0.15) is 5.75 Å². The Labute approximate surface area is 92.4 Å². The molecule has 1 aromatic carbocycles. The van der Waals surface area contributed by atoms with Gasteiger partial charge < -0.3 is 10.4 Å². The number of amides is 1. The van der Waals surface area contributed by atoms with Crippen molar-refractivity contribution in [3.8, 4) is 5.75 Å². The number of rotatable bonds is 1. The summed E-state index contributed by atoms with van der Waals surface area (Å²) >= 11 is 6.36. The van der Waals surface area contributed by atoms with Crippen LogP contribution in [0.1, 0.15) is 10.4 Å². The maximum atomic E-state index is 11.2. The Balaban J connectivity index is 3.28. The number of phenols is 1. The van der Waals surface area contributed by atoms with Crippen molar-refractivity contribution in [3.05, 3.63) is 26.6 Å². The van der Waals surface area contributed by atoms with E-state index in [1.165, 1.54) is 7.05 Å². The Morgan fingerprint density at radius 2 is 2.08 bits per heavy atom. The van der Waals surface area contributed by atoms with E-state index in [-0.39, 0.29) is 17.2 Å². The number of benzene rings is 1. The monoisotopic (exact) mass is 307 g/mol. The molecule has 0 bridgehead atoms. The number of hydrogen-bond donors (Lipinski definition) is 2. The number of carbonyl (C=O) groups excluding carboxylic acids is 1. The van der Waals surface area contributed by atoms with Crippen molar-refractivity contribution < 1.29 is 9.90 Å². The minimum absolute atomic E-state index is 0.0532. The second-order valence-electron chi connectivity index (χ2n) is 2.36. The molecule has 3 nitrogen and oxygen atoms in total. The first-order valence-corrected chi connectivity index (χ1v) is 5.05. The first kappa shape index (κ1) is 10.5. The highest BCUT2D eigenvalue weighted by molar-refractivity contribution is 9.11. The van der Waals surface area contributed by atoms with Crippen LogP contribution >= 0.6 is 31.9 Å². The van der Waals surface area contributed by atoms with E-state index in [0.717, 1.165) is 4.47 Å². The molecule has 0 heterocycles. The minimum Gasteiger partial charge on any atom is -0.506 e. The van der Waals surface area contributed by atoms with E-state index in [9.17, 15) is 9.90 Å². The van der Waals surface area contributed by atoms with Crippen LogP contribution in [0.4, 0.5) is 0 Å². The van der Waals surface area contributed by atoms with Gasteiger partial charge >= 0.3 is 0 Å². The Kier molecular flexibility index (Phi) is 3.33. The summed E-state index contributed by atoms with van der Waals surface area (Å²) in [6.45, 7) is 0. The van der Waals surface area contributed by atoms with Gasteiger partial charge in [0.15, 0.2) is 0 Å². The molecule has 0 saturated carbocycles. The van der Waals surface area contributed by atoms with Crippen LogP contribution in [-0.4, -0.2) is 18.1 Å². The van der Waals surface area contributed by atoms with Gasteiger partial charge in [0, 0.05) is 11.5 Å². The van der Waals surface area contributed by atoms with Crippen LogP contribution in [0, 0.1) is 0 Å². The Morgan fingerprint density at radius 3 is 2.62 bits per heavy atom. The SMILES string of the molecule is CNC(=O)c1cc(Br)cc(Br)c1O. The Bertz CT molecular complexity index is 352. The summed E-state index contributed by atoms with van der Waals surface area (Å²) in [5, 5.41) is 11.9. The van der Waals surface area contributed by atoms with E-state index >= 15 is 0 Å². The van der Waals surface area contributed by atoms with Crippen LogP contribution < -0.4 is 5.32 Å². The molecule has 0 atom stereocenters. The van der Waals surface area contributed by atoms with Crippen LogP contribution in [0.25, 0.3) is 0 Å². The standard InChI is InChI=1S/C8H7Br2NO2/c1-11-8(13)5-2-4(9)3-6(10)7(5)12/h2-3,12H,1H3,(H,11,13). The van der Waals surface area contributed by atoms with Crippen LogP contribution in [-0.2, 0) is 0 Å². The number of nitrogens with one attached hydrogen (secondary N) is 1. The molecule has 0 aliphatic rings. The van der Waals surface area contributed by atoms with E-state index in [1.807, 2.05) is 0 Å². The fraction of sp³-hybridized carbons (Fsp3) is 0.125. The van der Waals surface area contributed by atoms with Crippen molar-refractivity contribution in [2.24, 2.45) is 0 Å². The first-order valence-electron chi connectivity index (χ1n) is 3.46. The van der Waals surface area contributed by atoms with Crippen molar-refractivity contribution in [2.45, 2.75) is 0 Å². The van der Waals surface area contributed by atoms with Crippen LogP contribution in [0.3, 0.4) is 0 Å². The van der Waals surface area contributed by atoms with Crippen LogP contribution in [0.2, 0.25) is 0 Å². The lowest BCUT2D eigenvalue weighted by atomic mass is 10.2. The summed E-state index contributed by atoms with van der Waals surface area (Å²) < 4.78 is 1.22. The molecule has 0 unspecified atom stereocenters. The Hall–Kier alpha value is -0.550. The number of phenolic OH excluding ortho intramolecular Hbond substituents is 1. The molecule has 1 aromatic rings. The molecular weight excluding hydrogens is 302 g/mol.